The molecule has 0 saturated heterocycles. The second kappa shape index (κ2) is 3.28. The third-order valence-corrected chi connectivity index (χ3v) is 3.21. The highest BCUT2D eigenvalue weighted by atomic mass is 15.2. The van der Waals surface area contributed by atoms with Crippen LogP contribution in [0.25, 0.3) is 0 Å². The van der Waals surface area contributed by atoms with Crippen molar-refractivity contribution in [3.8, 4) is 0 Å². The van der Waals surface area contributed by atoms with Crippen LogP contribution in [-0.4, -0.2) is 19.1 Å². The summed E-state index contributed by atoms with van der Waals surface area (Å²) in [5.41, 5.74) is 10.2. The molecule has 1 aliphatic heterocycles. The minimum atomic E-state index is 0.229. The smallest absolute Gasteiger partial charge is 0.0476 e. The van der Waals surface area contributed by atoms with E-state index >= 15 is 0 Å². The van der Waals surface area contributed by atoms with E-state index in [9.17, 15) is 0 Å². The van der Waals surface area contributed by atoms with Gasteiger partial charge in [-0.05, 0) is 31.4 Å². The molecule has 0 aliphatic carbocycles. The molecule has 1 aromatic carbocycles. The van der Waals surface area contributed by atoms with Gasteiger partial charge in [-0.15, -0.1) is 0 Å². The molecule has 0 aromatic heterocycles. The molecule has 14 heavy (non-hydrogen) atoms. The lowest BCUT2D eigenvalue weighted by Crippen LogP contribution is -2.42. The Morgan fingerprint density at radius 2 is 2.21 bits per heavy atom. The minimum Gasteiger partial charge on any atom is -0.369 e. The average molecular weight is 190 g/mol. The Labute approximate surface area is 85.7 Å². The fraction of sp³-hybridized carbons (Fsp3) is 0.500. The third-order valence-electron chi connectivity index (χ3n) is 3.21. The van der Waals surface area contributed by atoms with Crippen molar-refractivity contribution < 1.29 is 0 Å². The van der Waals surface area contributed by atoms with Crippen LogP contribution in [0.15, 0.2) is 18.2 Å². The molecule has 2 rings (SSSR count). The molecule has 2 heteroatoms. The largest absolute Gasteiger partial charge is 0.369 e. The summed E-state index contributed by atoms with van der Waals surface area (Å²) in [4.78, 5) is 2.33. The number of para-hydroxylation sites is 1. The van der Waals surface area contributed by atoms with Crippen molar-refractivity contribution in [2.45, 2.75) is 32.4 Å². The number of likely N-dealkylation sites (N-methyl/N-ethyl adjacent to an activating group) is 1. The number of rotatable bonds is 1. The Hall–Kier alpha value is -1.02. The Bertz CT molecular complexity index is 344. The second-order valence-corrected chi connectivity index (χ2v) is 4.32. The van der Waals surface area contributed by atoms with E-state index in [4.69, 9.17) is 5.73 Å². The fourth-order valence-electron chi connectivity index (χ4n) is 2.46. The predicted octanol–water partition coefficient (Wildman–Crippen LogP) is 1.70. The van der Waals surface area contributed by atoms with Crippen molar-refractivity contribution >= 4 is 5.69 Å². The van der Waals surface area contributed by atoms with Gasteiger partial charge in [-0.1, -0.05) is 18.2 Å². The van der Waals surface area contributed by atoms with Crippen LogP contribution in [0, 0.1) is 6.92 Å². The van der Waals surface area contributed by atoms with Crippen molar-refractivity contribution in [2.24, 2.45) is 5.73 Å². The third kappa shape index (κ3) is 1.30. The normalized spacial score (nSPS) is 22.3. The molecular weight excluding hydrogens is 172 g/mol. The van der Waals surface area contributed by atoms with Crippen molar-refractivity contribution in [1.82, 2.24) is 0 Å². The van der Waals surface area contributed by atoms with Gasteiger partial charge in [0.05, 0.1) is 0 Å². The summed E-state index contributed by atoms with van der Waals surface area (Å²) < 4.78 is 0. The molecule has 1 aromatic rings. The monoisotopic (exact) mass is 190 g/mol. The van der Waals surface area contributed by atoms with Crippen LogP contribution in [0.3, 0.4) is 0 Å². The minimum absolute atomic E-state index is 0.229. The maximum atomic E-state index is 5.98. The molecule has 2 N–H and O–H groups in total. The average Bonchev–Trinajstić information content (AvgIpc) is 2.45. The number of anilines is 1. The zero-order valence-electron chi connectivity index (χ0n) is 9.12. The standard InChI is InChI=1S/C12H18N2/c1-8-5-4-6-10-7-11(9(2)13)14(3)12(8)10/h4-6,9,11H,7,13H2,1-3H3. The Balaban J connectivity index is 2.41. The van der Waals surface area contributed by atoms with E-state index in [1.165, 1.54) is 16.8 Å². The number of nitrogens with zero attached hydrogens (tertiary/aromatic N) is 1. The van der Waals surface area contributed by atoms with Gasteiger partial charge in [0.1, 0.15) is 0 Å². The lowest BCUT2D eigenvalue weighted by Gasteiger charge is -2.26. The number of aryl methyl sites for hydroxylation is 1. The van der Waals surface area contributed by atoms with E-state index in [1.807, 2.05) is 0 Å². The molecule has 0 saturated carbocycles. The Morgan fingerprint density at radius 3 is 2.79 bits per heavy atom. The molecule has 76 valence electrons. The quantitative estimate of drug-likeness (QED) is 0.730. The number of nitrogens with two attached hydrogens (primary N) is 1. The van der Waals surface area contributed by atoms with Crippen LogP contribution in [-0.2, 0) is 6.42 Å². The summed E-state index contributed by atoms with van der Waals surface area (Å²) in [6.07, 6.45) is 1.09. The van der Waals surface area contributed by atoms with E-state index in [0.717, 1.165) is 6.42 Å². The SMILES string of the molecule is Cc1cccc2c1N(C)C(C(C)N)C2. The molecule has 0 fully saturated rings. The van der Waals surface area contributed by atoms with E-state index in [2.05, 4.69) is 44.0 Å². The summed E-state index contributed by atoms with van der Waals surface area (Å²) in [6, 6.07) is 7.20. The number of hydrogen-bond donors (Lipinski definition) is 1. The summed E-state index contributed by atoms with van der Waals surface area (Å²) in [5, 5.41) is 0. The van der Waals surface area contributed by atoms with Crippen LogP contribution in [0.1, 0.15) is 18.1 Å². The van der Waals surface area contributed by atoms with Crippen LogP contribution in [0.5, 0.6) is 0 Å². The van der Waals surface area contributed by atoms with Gasteiger partial charge in [0, 0.05) is 24.8 Å². The number of benzene rings is 1. The van der Waals surface area contributed by atoms with E-state index in [1.54, 1.807) is 0 Å². The highest BCUT2D eigenvalue weighted by Crippen LogP contribution is 2.34. The van der Waals surface area contributed by atoms with Gasteiger partial charge in [0.2, 0.25) is 0 Å². The van der Waals surface area contributed by atoms with Crippen LogP contribution < -0.4 is 10.6 Å². The molecule has 0 radical (unpaired) electrons. The molecule has 2 atom stereocenters. The van der Waals surface area contributed by atoms with E-state index in [-0.39, 0.29) is 6.04 Å². The first-order chi connectivity index (χ1) is 6.61. The lowest BCUT2D eigenvalue weighted by atomic mass is 10.0. The van der Waals surface area contributed by atoms with Crippen molar-refractivity contribution in [3.63, 3.8) is 0 Å². The van der Waals surface area contributed by atoms with E-state index in [0.29, 0.717) is 6.04 Å². The van der Waals surface area contributed by atoms with Crippen LogP contribution in [0.2, 0.25) is 0 Å². The van der Waals surface area contributed by atoms with Gasteiger partial charge < -0.3 is 10.6 Å². The maximum absolute atomic E-state index is 5.98. The van der Waals surface area contributed by atoms with Crippen molar-refractivity contribution in [3.05, 3.63) is 29.3 Å². The van der Waals surface area contributed by atoms with Gasteiger partial charge in [0.25, 0.3) is 0 Å². The highest BCUT2D eigenvalue weighted by Gasteiger charge is 2.29. The summed E-state index contributed by atoms with van der Waals surface area (Å²) in [6.45, 7) is 4.25. The summed E-state index contributed by atoms with van der Waals surface area (Å²) >= 11 is 0. The van der Waals surface area contributed by atoms with E-state index < -0.39 is 0 Å². The molecule has 0 bridgehead atoms. The zero-order chi connectivity index (χ0) is 10.3. The van der Waals surface area contributed by atoms with Gasteiger partial charge in [-0.25, -0.2) is 0 Å². The van der Waals surface area contributed by atoms with Gasteiger partial charge in [-0.3, -0.25) is 0 Å². The molecule has 0 spiro atoms. The van der Waals surface area contributed by atoms with Crippen molar-refractivity contribution in [1.29, 1.82) is 0 Å². The molecule has 2 unspecified atom stereocenters. The van der Waals surface area contributed by atoms with Gasteiger partial charge in [-0.2, -0.15) is 0 Å². The predicted molar refractivity (Wildman–Crippen MR) is 60.7 cm³/mol. The molecule has 2 nitrogen and oxygen atoms in total. The van der Waals surface area contributed by atoms with Crippen LogP contribution in [0.4, 0.5) is 5.69 Å². The first-order valence-corrected chi connectivity index (χ1v) is 5.18. The fourth-order valence-corrected chi connectivity index (χ4v) is 2.46. The zero-order valence-corrected chi connectivity index (χ0v) is 9.12. The lowest BCUT2D eigenvalue weighted by molar-refractivity contribution is 0.556. The molecular formula is C12H18N2. The molecule has 1 aliphatic rings. The highest BCUT2D eigenvalue weighted by molar-refractivity contribution is 5.63. The van der Waals surface area contributed by atoms with Gasteiger partial charge in [0.15, 0.2) is 0 Å². The second-order valence-electron chi connectivity index (χ2n) is 4.32. The number of hydrogen-bond acceptors (Lipinski definition) is 2. The summed E-state index contributed by atoms with van der Waals surface area (Å²) in [5.74, 6) is 0. The first kappa shape index (κ1) is 9.53. The topological polar surface area (TPSA) is 29.3 Å². The maximum Gasteiger partial charge on any atom is 0.0476 e. The first-order valence-electron chi connectivity index (χ1n) is 5.18. The Kier molecular flexibility index (Phi) is 2.23. The molecule has 1 heterocycles. The van der Waals surface area contributed by atoms with Gasteiger partial charge >= 0.3 is 0 Å². The van der Waals surface area contributed by atoms with Crippen LogP contribution >= 0.6 is 0 Å². The molecule has 0 amide bonds. The summed E-state index contributed by atoms with van der Waals surface area (Å²) in [7, 11) is 2.15. The van der Waals surface area contributed by atoms with Crippen molar-refractivity contribution in [2.75, 3.05) is 11.9 Å². The number of fused-ring (bicyclic) bond motifs is 1. The Morgan fingerprint density at radius 1 is 1.50 bits per heavy atom.